The molecule has 0 aliphatic carbocycles. The van der Waals surface area contributed by atoms with Gasteiger partial charge in [-0.3, -0.25) is 0 Å². The Kier molecular flexibility index (Phi) is 6.54. The van der Waals surface area contributed by atoms with Crippen LogP contribution in [0.3, 0.4) is 0 Å². The third-order valence-corrected chi connectivity index (χ3v) is 3.30. The molecule has 0 atom stereocenters. The van der Waals surface area contributed by atoms with Crippen LogP contribution >= 0.6 is 0 Å². The Bertz CT molecular complexity index is 117. The molecule has 66 valence electrons. The van der Waals surface area contributed by atoms with Crippen molar-refractivity contribution in [3.05, 3.63) is 0 Å². The highest BCUT2D eigenvalue weighted by atomic mass is 28.2. The van der Waals surface area contributed by atoms with Crippen LogP contribution in [-0.2, 0) is 9.47 Å². The summed E-state index contributed by atoms with van der Waals surface area (Å²) in [6.45, 7) is 0.646. The van der Waals surface area contributed by atoms with Crippen molar-refractivity contribution in [1.29, 1.82) is 5.05 Å². The minimum Gasteiger partial charge on any atom is -0.354 e. The molecule has 0 spiro atoms. The monoisotopic (exact) mass is 176 g/mol. The maximum Gasteiger partial charge on any atom is 0.182 e. The smallest absolute Gasteiger partial charge is 0.182 e. The Morgan fingerprint density at radius 2 is 2.00 bits per heavy atom. The van der Waals surface area contributed by atoms with Gasteiger partial charge in [-0.25, -0.2) is 0 Å². The second-order valence-corrected chi connectivity index (χ2v) is 4.24. The summed E-state index contributed by atoms with van der Waals surface area (Å²) in [4.78, 5) is 0. The van der Waals surface area contributed by atoms with Gasteiger partial charge in [0.05, 0.1) is 0 Å². The molecule has 0 bridgehead atoms. The largest absolute Gasteiger partial charge is 0.354 e. The van der Waals surface area contributed by atoms with Gasteiger partial charge >= 0.3 is 0 Å². The summed E-state index contributed by atoms with van der Waals surface area (Å²) in [5.41, 5.74) is 5.31. The van der Waals surface area contributed by atoms with Crippen LogP contribution in [-0.4, -0.2) is 35.3 Å². The topological polar surface area (TPSA) is 68.3 Å². The molecule has 4 nitrogen and oxygen atoms in total. The zero-order chi connectivity index (χ0) is 8.69. The van der Waals surface area contributed by atoms with E-state index in [9.17, 15) is 0 Å². The van der Waals surface area contributed by atoms with Crippen LogP contribution < -0.4 is 5.73 Å². The predicted molar refractivity (Wildman–Crippen MR) is 44.8 cm³/mol. The molecule has 0 aromatic heterocycles. The van der Waals surface area contributed by atoms with E-state index in [1.54, 1.807) is 14.2 Å². The molecule has 0 saturated carbocycles. The number of rotatable bonds is 6. The number of hydrogen-bond donors (Lipinski definition) is 2. The second kappa shape index (κ2) is 6.60. The molecule has 0 aliphatic heterocycles. The Hall–Kier alpha value is -0.103. The van der Waals surface area contributed by atoms with E-state index in [-0.39, 0.29) is 5.91 Å². The first-order chi connectivity index (χ1) is 5.26. The second-order valence-electron chi connectivity index (χ2n) is 2.22. The summed E-state index contributed by atoms with van der Waals surface area (Å²) in [7, 11) is 1.86. The molecule has 3 N–H and O–H groups in total. The fourth-order valence-electron chi connectivity index (χ4n) is 0.791. The molecular formula is C6H16N2O2Si. The average Bonchev–Trinajstić information content (AvgIpc) is 2.03. The SMILES string of the molecule is COC(OC)[Si](=N)CCCN. The van der Waals surface area contributed by atoms with Gasteiger partial charge in [0.25, 0.3) is 0 Å². The normalized spacial score (nSPS) is 10.5. The molecule has 0 rings (SSSR count). The number of nitrogens with two attached hydrogens (primary N) is 1. The number of ether oxygens (including phenoxy) is 2. The van der Waals surface area contributed by atoms with E-state index in [2.05, 4.69) is 0 Å². The maximum absolute atomic E-state index is 7.63. The van der Waals surface area contributed by atoms with Gasteiger partial charge in [-0.15, -0.1) is 0 Å². The Morgan fingerprint density at radius 1 is 1.45 bits per heavy atom. The fourth-order valence-corrected chi connectivity index (χ4v) is 2.18. The van der Waals surface area contributed by atoms with Gasteiger partial charge < -0.3 is 20.3 Å². The Morgan fingerprint density at radius 3 is 2.36 bits per heavy atom. The molecule has 0 fully saturated rings. The fraction of sp³-hybridized carbons (Fsp3) is 1.00. The minimum atomic E-state index is -1.27. The van der Waals surface area contributed by atoms with Crippen LogP contribution in [0.2, 0.25) is 6.04 Å². The third-order valence-electron chi connectivity index (χ3n) is 1.36. The first kappa shape index (κ1) is 10.9. The Labute approximate surface area is 68.8 Å². The number of hydrogen-bond acceptors (Lipinski definition) is 4. The van der Waals surface area contributed by atoms with Crippen LogP contribution in [0.4, 0.5) is 0 Å². The zero-order valence-electron chi connectivity index (χ0n) is 7.09. The number of methoxy groups -OCH3 is 2. The molecule has 11 heavy (non-hydrogen) atoms. The van der Waals surface area contributed by atoms with Crippen LogP contribution in [0.15, 0.2) is 0 Å². The lowest BCUT2D eigenvalue weighted by atomic mass is 10.5. The lowest BCUT2D eigenvalue weighted by molar-refractivity contribution is -0.0462. The van der Waals surface area contributed by atoms with E-state index in [0.29, 0.717) is 6.54 Å². The molecule has 5 heteroatoms. The first-order valence-corrected chi connectivity index (χ1v) is 5.37. The quantitative estimate of drug-likeness (QED) is 0.453. The van der Waals surface area contributed by atoms with Crippen molar-refractivity contribution in [2.24, 2.45) is 5.73 Å². The third kappa shape index (κ3) is 4.36. The highest BCUT2D eigenvalue weighted by Crippen LogP contribution is 1.98. The maximum atomic E-state index is 7.63. The van der Waals surface area contributed by atoms with Gasteiger partial charge in [0.15, 0.2) is 14.5 Å². The van der Waals surface area contributed by atoms with Gasteiger partial charge in [-0.1, -0.05) is 0 Å². The first-order valence-electron chi connectivity index (χ1n) is 3.59. The lowest BCUT2D eigenvalue weighted by Crippen LogP contribution is -2.26. The number of nitrogens with one attached hydrogen (secondary N) is 1. The van der Waals surface area contributed by atoms with E-state index in [0.717, 1.165) is 12.5 Å². The Balaban J connectivity index is 3.61. The van der Waals surface area contributed by atoms with Crippen molar-refractivity contribution in [3.8, 4) is 0 Å². The molecule has 0 radical (unpaired) electrons. The molecule has 0 saturated heterocycles. The minimum absolute atomic E-state index is 0.313. The van der Waals surface area contributed by atoms with Gasteiger partial charge in [-0.05, 0) is 19.0 Å². The molecule has 0 aromatic rings. The van der Waals surface area contributed by atoms with E-state index in [1.807, 2.05) is 0 Å². The highest BCUT2D eigenvalue weighted by molar-refractivity contribution is 6.45. The van der Waals surface area contributed by atoms with E-state index >= 15 is 0 Å². The lowest BCUT2D eigenvalue weighted by Gasteiger charge is -2.12. The zero-order valence-corrected chi connectivity index (χ0v) is 8.09. The molecule has 0 aromatic carbocycles. The molecule has 0 unspecified atom stereocenters. The van der Waals surface area contributed by atoms with Crippen molar-refractivity contribution in [2.75, 3.05) is 20.8 Å². The standard InChI is InChI=1S/C6H16N2O2Si/c1-9-6(10-2)11(8)5-3-4-7/h6,8H,3-5,7H2,1-2H3. The van der Waals surface area contributed by atoms with Crippen molar-refractivity contribution in [3.63, 3.8) is 0 Å². The van der Waals surface area contributed by atoms with Crippen LogP contribution in [0.25, 0.3) is 0 Å². The highest BCUT2D eigenvalue weighted by Gasteiger charge is 2.12. The molecular weight excluding hydrogens is 160 g/mol. The summed E-state index contributed by atoms with van der Waals surface area (Å²) in [5.74, 6) is -0.313. The van der Waals surface area contributed by atoms with Crippen molar-refractivity contribution in [2.45, 2.75) is 18.4 Å². The van der Waals surface area contributed by atoms with Crippen molar-refractivity contribution in [1.82, 2.24) is 0 Å². The summed E-state index contributed by atoms with van der Waals surface area (Å²) >= 11 is 0. The molecule has 0 aliphatic rings. The van der Waals surface area contributed by atoms with E-state index in [4.69, 9.17) is 20.3 Å². The average molecular weight is 176 g/mol. The molecule has 0 amide bonds. The van der Waals surface area contributed by atoms with E-state index < -0.39 is 8.59 Å². The summed E-state index contributed by atoms with van der Waals surface area (Å²) < 4.78 is 9.91. The van der Waals surface area contributed by atoms with Crippen molar-refractivity contribution >= 4 is 8.59 Å². The van der Waals surface area contributed by atoms with Crippen molar-refractivity contribution < 1.29 is 9.47 Å². The van der Waals surface area contributed by atoms with Gasteiger partial charge in [0.2, 0.25) is 0 Å². The van der Waals surface area contributed by atoms with Gasteiger partial charge in [0.1, 0.15) is 0 Å². The van der Waals surface area contributed by atoms with Crippen LogP contribution in [0.5, 0.6) is 0 Å². The van der Waals surface area contributed by atoms with Gasteiger partial charge in [0, 0.05) is 14.2 Å². The summed E-state index contributed by atoms with van der Waals surface area (Å²) in [6.07, 6.45) is 0.890. The van der Waals surface area contributed by atoms with E-state index in [1.165, 1.54) is 0 Å². The summed E-state index contributed by atoms with van der Waals surface area (Å²) in [6, 6.07) is 0.827. The summed E-state index contributed by atoms with van der Waals surface area (Å²) in [5, 5.41) is 7.63. The predicted octanol–water partition coefficient (Wildman–Crippen LogP) is 0.332. The molecule has 0 heterocycles. The van der Waals surface area contributed by atoms with Crippen LogP contribution in [0, 0.1) is 5.05 Å². The van der Waals surface area contributed by atoms with Crippen LogP contribution in [0.1, 0.15) is 6.42 Å². The van der Waals surface area contributed by atoms with Gasteiger partial charge in [-0.2, -0.15) is 0 Å².